The highest BCUT2D eigenvalue weighted by Gasteiger charge is 2.46. The van der Waals surface area contributed by atoms with E-state index in [1.165, 1.54) is 5.56 Å². The predicted molar refractivity (Wildman–Crippen MR) is 95.5 cm³/mol. The maximum absolute atomic E-state index is 12.8. The number of carbonyl (C=O) groups is 2. The molecule has 24 heavy (non-hydrogen) atoms. The molecular weight excluding hydrogens is 368 g/mol. The molecular formula is C19H23BrN2O2. The van der Waals surface area contributed by atoms with Crippen LogP contribution in [0.3, 0.4) is 0 Å². The van der Waals surface area contributed by atoms with Crippen LogP contribution in [0.15, 0.2) is 28.7 Å². The number of amides is 2. The Bertz CT molecular complexity index is 659. The molecule has 3 fully saturated rings. The fourth-order valence-electron chi connectivity index (χ4n) is 3.75. The van der Waals surface area contributed by atoms with E-state index in [4.69, 9.17) is 0 Å². The third-order valence-corrected chi connectivity index (χ3v) is 5.91. The molecule has 1 saturated heterocycles. The summed E-state index contributed by atoms with van der Waals surface area (Å²) >= 11 is 3.50. The van der Waals surface area contributed by atoms with E-state index in [0.717, 1.165) is 43.1 Å². The minimum atomic E-state index is -0.0219. The Morgan fingerprint density at radius 1 is 1.21 bits per heavy atom. The molecule has 128 valence electrons. The highest BCUT2D eigenvalue weighted by Crippen LogP contribution is 2.49. The zero-order valence-corrected chi connectivity index (χ0v) is 15.3. The first-order valence-electron chi connectivity index (χ1n) is 8.96. The van der Waals surface area contributed by atoms with Gasteiger partial charge in [-0.05, 0) is 55.7 Å². The number of nitrogens with zero attached hydrogens (tertiary/aromatic N) is 1. The van der Waals surface area contributed by atoms with Crippen LogP contribution in [-0.4, -0.2) is 35.8 Å². The molecule has 0 bridgehead atoms. The Morgan fingerprint density at radius 3 is 2.79 bits per heavy atom. The van der Waals surface area contributed by atoms with Crippen molar-refractivity contribution >= 4 is 27.7 Å². The van der Waals surface area contributed by atoms with Gasteiger partial charge in [0.25, 0.3) is 0 Å². The van der Waals surface area contributed by atoms with Gasteiger partial charge in [-0.3, -0.25) is 9.59 Å². The lowest BCUT2D eigenvalue weighted by atomic mass is 9.96. The lowest BCUT2D eigenvalue weighted by Gasteiger charge is -2.32. The molecule has 3 aliphatic rings. The van der Waals surface area contributed by atoms with Gasteiger partial charge in [-0.25, -0.2) is 0 Å². The first-order chi connectivity index (χ1) is 11.6. The lowest BCUT2D eigenvalue weighted by molar-refractivity contribution is -0.136. The van der Waals surface area contributed by atoms with Gasteiger partial charge in [0.15, 0.2) is 0 Å². The molecule has 3 unspecified atom stereocenters. The second-order valence-electron chi connectivity index (χ2n) is 7.41. The number of hydrogen-bond donors (Lipinski definition) is 1. The van der Waals surface area contributed by atoms with E-state index in [1.807, 2.05) is 17.0 Å². The third kappa shape index (κ3) is 3.51. The highest BCUT2D eigenvalue weighted by atomic mass is 79.9. The largest absolute Gasteiger partial charge is 0.353 e. The van der Waals surface area contributed by atoms with Crippen molar-refractivity contribution in [2.75, 3.05) is 13.1 Å². The summed E-state index contributed by atoms with van der Waals surface area (Å²) in [4.78, 5) is 27.0. The Labute approximate surface area is 151 Å². The number of hydrogen-bond acceptors (Lipinski definition) is 2. The molecule has 5 heteroatoms. The Morgan fingerprint density at radius 2 is 2.04 bits per heavy atom. The van der Waals surface area contributed by atoms with E-state index in [0.29, 0.717) is 18.5 Å². The first kappa shape index (κ1) is 16.1. The Kier molecular flexibility index (Phi) is 4.37. The third-order valence-electron chi connectivity index (χ3n) is 5.41. The summed E-state index contributed by atoms with van der Waals surface area (Å²) in [6, 6.07) is 8.65. The Hall–Kier alpha value is -1.36. The smallest absolute Gasteiger partial charge is 0.226 e. The summed E-state index contributed by atoms with van der Waals surface area (Å²) in [5, 5.41) is 3.09. The van der Waals surface area contributed by atoms with E-state index in [2.05, 4.69) is 33.4 Å². The summed E-state index contributed by atoms with van der Waals surface area (Å²) in [5.74, 6) is 0.810. The molecule has 0 spiro atoms. The number of halogens is 1. The van der Waals surface area contributed by atoms with Crippen molar-refractivity contribution in [1.82, 2.24) is 10.2 Å². The second-order valence-corrected chi connectivity index (χ2v) is 8.33. The fraction of sp³-hybridized carbons (Fsp3) is 0.579. The van der Waals surface area contributed by atoms with Crippen molar-refractivity contribution in [2.45, 2.75) is 44.1 Å². The molecule has 0 aromatic heterocycles. The van der Waals surface area contributed by atoms with Crippen molar-refractivity contribution < 1.29 is 9.59 Å². The molecule has 4 rings (SSSR count). The molecule has 4 nitrogen and oxygen atoms in total. The van der Waals surface area contributed by atoms with Gasteiger partial charge in [0, 0.05) is 29.5 Å². The van der Waals surface area contributed by atoms with Crippen LogP contribution in [0, 0.1) is 11.8 Å². The molecule has 2 saturated carbocycles. The van der Waals surface area contributed by atoms with Crippen LogP contribution in [0.4, 0.5) is 0 Å². The summed E-state index contributed by atoms with van der Waals surface area (Å²) in [7, 11) is 0. The van der Waals surface area contributed by atoms with Crippen molar-refractivity contribution in [3.05, 3.63) is 34.3 Å². The quantitative estimate of drug-likeness (QED) is 0.858. The SMILES string of the molecule is O=C(NC1CC1)C1CCCN(C(=O)C2CC2c2cccc(Br)c2)C1. The summed E-state index contributed by atoms with van der Waals surface area (Å²) in [6.07, 6.45) is 4.99. The summed E-state index contributed by atoms with van der Waals surface area (Å²) in [6.45, 7) is 1.40. The lowest BCUT2D eigenvalue weighted by Crippen LogP contribution is -2.46. The highest BCUT2D eigenvalue weighted by molar-refractivity contribution is 9.10. The molecule has 1 aliphatic heterocycles. The van der Waals surface area contributed by atoms with Gasteiger partial charge >= 0.3 is 0 Å². The molecule has 0 radical (unpaired) electrons. The van der Waals surface area contributed by atoms with Crippen LogP contribution in [0.25, 0.3) is 0 Å². The monoisotopic (exact) mass is 390 g/mol. The van der Waals surface area contributed by atoms with Crippen LogP contribution in [0.1, 0.15) is 43.6 Å². The normalized spacial score (nSPS) is 29.2. The van der Waals surface area contributed by atoms with Crippen molar-refractivity contribution in [1.29, 1.82) is 0 Å². The van der Waals surface area contributed by atoms with Gasteiger partial charge in [-0.15, -0.1) is 0 Å². The summed E-state index contributed by atoms with van der Waals surface area (Å²) in [5.41, 5.74) is 1.24. The number of likely N-dealkylation sites (tertiary alicyclic amines) is 1. The number of piperidine rings is 1. The van der Waals surface area contributed by atoms with E-state index in [-0.39, 0.29) is 23.7 Å². The molecule has 1 aromatic rings. The predicted octanol–water partition coefficient (Wildman–Crippen LogP) is 3.07. The van der Waals surface area contributed by atoms with Gasteiger partial charge in [-0.2, -0.15) is 0 Å². The minimum absolute atomic E-state index is 0.0219. The van der Waals surface area contributed by atoms with E-state index >= 15 is 0 Å². The molecule has 2 amide bonds. The number of rotatable bonds is 4. The van der Waals surface area contributed by atoms with Crippen LogP contribution in [-0.2, 0) is 9.59 Å². The van der Waals surface area contributed by atoms with Crippen LogP contribution in [0.2, 0.25) is 0 Å². The topological polar surface area (TPSA) is 49.4 Å². The van der Waals surface area contributed by atoms with E-state index < -0.39 is 0 Å². The van der Waals surface area contributed by atoms with E-state index in [9.17, 15) is 9.59 Å². The standard InChI is InChI=1S/C19H23BrN2O2/c20-14-5-1-3-12(9-14)16-10-17(16)19(24)22-8-2-4-13(11-22)18(23)21-15-6-7-15/h1,3,5,9,13,15-17H,2,4,6-8,10-11H2,(H,21,23). The molecule has 1 aromatic carbocycles. The Balaban J connectivity index is 1.35. The second kappa shape index (κ2) is 6.51. The average Bonchev–Trinajstić information content (AvgIpc) is 3.49. The minimum Gasteiger partial charge on any atom is -0.353 e. The van der Waals surface area contributed by atoms with Gasteiger partial charge in [0.1, 0.15) is 0 Å². The number of carbonyl (C=O) groups excluding carboxylic acids is 2. The van der Waals surface area contributed by atoms with Crippen molar-refractivity contribution in [2.24, 2.45) is 11.8 Å². The molecule has 1 heterocycles. The summed E-state index contributed by atoms with van der Waals surface area (Å²) < 4.78 is 1.06. The zero-order valence-electron chi connectivity index (χ0n) is 13.7. The van der Waals surface area contributed by atoms with Crippen LogP contribution < -0.4 is 5.32 Å². The first-order valence-corrected chi connectivity index (χ1v) is 9.76. The zero-order chi connectivity index (χ0) is 16.7. The number of benzene rings is 1. The van der Waals surface area contributed by atoms with Crippen LogP contribution in [0.5, 0.6) is 0 Å². The maximum atomic E-state index is 12.8. The van der Waals surface area contributed by atoms with Gasteiger partial charge in [-0.1, -0.05) is 28.1 Å². The van der Waals surface area contributed by atoms with Crippen molar-refractivity contribution in [3.8, 4) is 0 Å². The van der Waals surface area contributed by atoms with E-state index in [1.54, 1.807) is 0 Å². The number of nitrogens with one attached hydrogen (secondary N) is 1. The van der Waals surface area contributed by atoms with Crippen molar-refractivity contribution in [3.63, 3.8) is 0 Å². The maximum Gasteiger partial charge on any atom is 0.226 e. The van der Waals surface area contributed by atoms with Gasteiger partial charge in [0.2, 0.25) is 11.8 Å². The van der Waals surface area contributed by atoms with Gasteiger partial charge < -0.3 is 10.2 Å². The fourth-order valence-corrected chi connectivity index (χ4v) is 4.16. The van der Waals surface area contributed by atoms with Crippen LogP contribution >= 0.6 is 15.9 Å². The van der Waals surface area contributed by atoms with Gasteiger partial charge in [0.05, 0.1) is 5.92 Å². The molecule has 2 aliphatic carbocycles. The molecule has 1 N–H and O–H groups in total. The molecule has 3 atom stereocenters. The average molecular weight is 391 g/mol.